The van der Waals surface area contributed by atoms with Crippen molar-refractivity contribution in [2.45, 2.75) is 35.9 Å². The quantitative estimate of drug-likeness (QED) is 0.497. The van der Waals surface area contributed by atoms with Crippen molar-refractivity contribution in [1.82, 2.24) is 15.0 Å². The normalized spacial score (nSPS) is 10.9. The van der Waals surface area contributed by atoms with Crippen LogP contribution in [0.25, 0.3) is 0 Å². The van der Waals surface area contributed by atoms with Crippen molar-refractivity contribution >= 4 is 29.3 Å². The fourth-order valence-corrected chi connectivity index (χ4v) is 2.85. The van der Waals surface area contributed by atoms with Gasteiger partial charge in [-0.15, -0.1) is 11.8 Å². The third-order valence-electron chi connectivity index (χ3n) is 2.42. The van der Waals surface area contributed by atoms with E-state index >= 15 is 0 Å². The molecule has 5 nitrogen and oxygen atoms in total. The van der Waals surface area contributed by atoms with Gasteiger partial charge in [-0.1, -0.05) is 11.8 Å². The summed E-state index contributed by atoms with van der Waals surface area (Å²) in [6.07, 6.45) is 3.86. The van der Waals surface area contributed by atoms with Gasteiger partial charge in [0.05, 0.1) is 11.8 Å². The molecule has 0 radical (unpaired) electrons. The number of nitrogens with two attached hydrogens (primary N) is 1. The molecule has 2 N–H and O–H groups in total. The molecule has 0 atom stereocenters. The van der Waals surface area contributed by atoms with Crippen LogP contribution >= 0.6 is 23.5 Å². The van der Waals surface area contributed by atoms with Gasteiger partial charge in [-0.2, -0.15) is 0 Å². The highest BCUT2D eigenvalue weighted by Gasteiger charge is 2.06. The van der Waals surface area contributed by atoms with Crippen LogP contribution in [0.15, 0.2) is 34.6 Å². The Bertz CT molecular complexity index is 607. The van der Waals surface area contributed by atoms with Gasteiger partial charge in [-0.25, -0.2) is 9.97 Å². The molecule has 7 heteroatoms. The lowest BCUT2D eigenvalue weighted by atomic mass is 10.3. The molecule has 0 saturated carbocycles. The van der Waals surface area contributed by atoms with Crippen LogP contribution < -0.4 is 10.5 Å². The molecular weight excluding hydrogens is 304 g/mol. The van der Waals surface area contributed by atoms with Gasteiger partial charge in [0.25, 0.3) is 0 Å². The number of rotatable bonds is 6. The van der Waals surface area contributed by atoms with Crippen molar-refractivity contribution in [3.8, 4) is 5.75 Å². The predicted octanol–water partition coefficient (Wildman–Crippen LogP) is 3.26. The molecule has 0 amide bonds. The average molecular weight is 322 g/mol. The molecule has 21 heavy (non-hydrogen) atoms. The van der Waals surface area contributed by atoms with Gasteiger partial charge in [0.15, 0.2) is 5.16 Å². The van der Waals surface area contributed by atoms with Gasteiger partial charge >= 0.3 is 0 Å². The molecule has 0 saturated heterocycles. The summed E-state index contributed by atoms with van der Waals surface area (Å²) in [4.78, 5) is 13.0. The molecule has 0 spiro atoms. The van der Waals surface area contributed by atoms with Crippen LogP contribution in [0, 0.1) is 0 Å². The number of aromatic nitrogens is 3. The van der Waals surface area contributed by atoms with Crippen molar-refractivity contribution in [2.75, 3.05) is 12.0 Å². The minimum absolute atomic E-state index is 0.147. The fraction of sp³-hybridized carbons (Fsp3) is 0.357. The van der Waals surface area contributed by atoms with Crippen LogP contribution in [0.2, 0.25) is 0 Å². The SMILES string of the molecule is CSc1cc(N)nc(SCc2cc(OC(C)C)ccn2)n1. The first-order valence-electron chi connectivity index (χ1n) is 6.49. The summed E-state index contributed by atoms with van der Waals surface area (Å²) in [5.41, 5.74) is 6.70. The lowest BCUT2D eigenvalue weighted by Gasteiger charge is -2.10. The zero-order valence-corrected chi connectivity index (χ0v) is 13.9. The van der Waals surface area contributed by atoms with Gasteiger partial charge in [0, 0.05) is 24.1 Å². The minimum atomic E-state index is 0.147. The maximum atomic E-state index is 5.77. The van der Waals surface area contributed by atoms with Crippen molar-refractivity contribution in [1.29, 1.82) is 0 Å². The Hall–Kier alpha value is -1.47. The first-order valence-corrected chi connectivity index (χ1v) is 8.71. The highest BCUT2D eigenvalue weighted by atomic mass is 32.2. The highest BCUT2D eigenvalue weighted by molar-refractivity contribution is 7.99. The molecule has 0 aliphatic heterocycles. The molecule has 0 fully saturated rings. The number of nitrogen functional groups attached to an aromatic ring is 1. The Morgan fingerprint density at radius 2 is 2.10 bits per heavy atom. The molecule has 2 rings (SSSR count). The predicted molar refractivity (Wildman–Crippen MR) is 87.8 cm³/mol. The Balaban J connectivity index is 2.04. The maximum Gasteiger partial charge on any atom is 0.190 e. The van der Waals surface area contributed by atoms with E-state index < -0.39 is 0 Å². The number of nitrogens with zero attached hydrogens (tertiary/aromatic N) is 3. The van der Waals surface area contributed by atoms with Crippen LogP contribution in [-0.2, 0) is 5.75 Å². The van der Waals surface area contributed by atoms with E-state index in [1.54, 1.807) is 24.0 Å². The molecule has 0 aliphatic rings. The molecule has 2 aromatic heterocycles. The van der Waals surface area contributed by atoms with E-state index in [-0.39, 0.29) is 6.10 Å². The third kappa shape index (κ3) is 5.09. The summed E-state index contributed by atoms with van der Waals surface area (Å²) in [5, 5.41) is 1.53. The molecule has 0 aliphatic carbocycles. The van der Waals surface area contributed by atoms with Crippen LogP contribution in [0.4, 0.5) is 5.82 Å². The van der Waals surface area contributed by atoms with E-state index in [9.17, 15) is 0 Å². The van der Waals surface area contributed by atoms with E-state index in [1.807, 2.05) is 32.2 Å². The lowest BCUT2D eigenvalue weighted by molar-refractivity contribution is 0.242. The van der Waals surface area contributed by atoms with E-state index in [4.69, 9.17) is 10.5 Å². The number of pyridine rings is 1. The summed E-state index contributed by atoms with van der Waals surface area (Å²) >= 11 is 3.06. The number of anilines is 1. The zero-order valence-electron chi connectivity index (χ0n) is 12.2. The van der Waals surface area contributed by atoms with Crippen LogP contribution in [0.3, 0.4) is 0 Å². The minimum Gasteiger partial charge on any atom is -0.491 e. The molecule has 2 aromatic rings. The van der Waals surface area contributed by atoms with Crippen molar-refractivity contribution in [2.24, 2.45) is 0 Å². The largest absolute Gasteiger partial charge is 0.491 e. The molecular formula is C14H18N4OS2. The maximum absolute atomic E-state index is 5.77. The summed E-state index contributed by atoms with van der Waals surface area (Å²) in [6, 6.07) is 5.57. The van der Waals surface area contributed by atoms with E-state index in [0.29, 0.717) is 16.7 Å². The number of ether oxygens (including phenoxy) is 1. The second kappa shape index (κ2) is 7.51. The summed E-state index contributed by atoms with van der Waals surface area (Å²) in [7, 11) is 0. The highest BCUT2D eigenvalue weighted by Crippen LogP contribution is 2.24. The van der Waals surface area contributed by atoms with E-state index in [1.165, 1.54) is 11.8 Å². The topological polar surface area (TPSA) is 73.9 Å². The van der Waals surface area contributed by atoms with Crippen LogP contribution in [-0.4, -0.2) is 27.3 Å². The van der Waals surface area contributed by atoms with Crippen LogP contribution in [0.5, 0.6) is 5.75 Å². The Labute approximate surface area is 133 Å². The standard InChI is InChI=1S/C14H18N4OS2/c1-9(2)19-11-4-5-16-10(6-11)8-21-14-17-12(15)7-13(18-14)20-3/h4-7,9H,8H2,1-3H3,(H2,15,17,18). The average Bonchev–Trinajstić information content (AvgIpc) is 2.44. The summed E-state index contributed by atoms with van der Waals surface area (Å²) < 4.78 is 5.66. The molecule has 0 unspecified atom stereocenters. The number of hydrogen-bond donors (Lipinski definition) is 1. The number of hydrogen-bond acceptors (Lipinski definition) is 7. The monoisotopic (exact) mass is 322 g/mol. The fourth-order valence-electron chi connectivity index (χ4n) is 1.61. The molecule has 0 bridgehead atoms. The lowest BCUT2D eigenvalue weighted by Crippen LogP contribution is -2.06. The molecule has 2 heterocycles. The number of thioether (sulfide) groups is 2. The zero-order chi connectivity index (χ0) is 15.2. The van der Waals surface area contributed by atoms with Gasteiger partial charge in [-0.05, 0) is 26.2 Å². The van der Waals surface area contributed by atoms with Gasteiger partial charge < -0.3 is 10.5 Å². The van der Waals surface area contributed by atoms with Gasteiger partial charge in [0.1, 0.15) is 16.6 Å². The third-order valence-corrected chi connectivity index (χ3v) is 3.93. The smallest absolute Gasteiger partial charge is 0.190 e. The Kier molecular flexibility index (Phi) is 5.69. The van der Waals surface area contributed by atoms with E-state index in [0.717, 1.165) is 16.5 Å². The molecule has 0 aromatic carbocycles. The van der Waals surface area contributed by atoms with Crippen molar-refractivity contribution < 1.29 is 4.74 Å². The van der Waals surface area contributed by atoms with Crippen molar-refractivity contribution in [3.63, 3.8) is 0 Å². The first-order chi connectivity index (χ1) is 10.1. The van der Waals surface area contributed by atoms with Gasteiger partial charge in [0.2, 0.25) is 0 Å². The second-order valence-electron chi connectivity index (χ2n) is 4.56. The van der Waals surface area contributed by atoms with Crippen LogP contribution in [0.1, 0.15) is 19.5 Å². The molecule has 112 valence electrons. The Morgan fingerprint density at radius 3 is 2.81 bits per heavy atom. The van der Waals surface area contributed by atoms with Crippen molar-refractivity contribution in [3.05, 3.63) is 30.1 Å². The first kappa shape index (κ1) is 15.9. The summed E-state index contributed by atoms with van der Waals surface area (Å²) in [5.74, 6) is 1.99. The Morgan fingerprint density at radius 1 is 1.29 bits per heavy atom. The van der Waals surface area contributed by atoms with E-state index in [2.05, 4.69) is 15.0 Å². The van der Waals surface area contributed by atoms with Gasteiger partial charge in [-0.3, -0.25) is 4.98 Å². The second-order valence-corrected chi connectivity index (χ2v) is 6.32. The summed E-state index contributed by atoms with van der Waals surface area (Å²) in [6.45, 7) is 4.00.